The van der Waals surface area contributed by atoms with E-state index in [1.165, 1.54) is 11.6 Å². The van der Waals surface area contributed by atoms with Crippen LogP contribution in [0.4, 0.5) is 19.1 Å². The van der Waals surface area contributed by atoms with E-state index in [1.807, 2.05) is 7.05 Å². The number of fused-ring (bicyclic) bond motifs is 1. The molecule has 0 unspecified atom stereocenters. The van der Waals surface area contributed by atoms with Gasteiger partial charge < -0.3 is 19.9 Å². The van der Waals surface area contributed by atoms with E-state index in [9.17, 15) is 23.1 Å². The summed E-state index contributed by atoms with van der Waals surface area (Å²) in [6, 6.07) is 2.75. The monoisotopic (exact) mass is 436 g/mol. The van der Waals surface area contributed by atoms with Crippen LogP contribution in [0.1, 0.15) is 18.4 Å². The lowest BCUT2D eigenvalue weighted by Gasteiger charge is -2.30. The molecule has 1 aliphatic heterocycles. The number of halogens is 3. The first-order valence-electron chi connectivity index (χ1n) is 9.85. The van der Waals surface area contributed by atoms with Crippen LogP contribution in [0.15, 0.2) is 23.0 Å². The molecule has 0 radical (unpaired) electrons. The number of phenolic OH excluding ortho intramolecular Hbond substituents is 1. The van der Waals surface area contributed by atoms with Crippen LogP contribution in [-0.4, -0.2) is 55.3 Å². The Morgan fingerprint density at radius 2 is 1.90 bits per heavy atom. The Kier molecular flexibility index (Phi) is 5.16. The highest BCUT2D eigenvalue weighted by Crippen LogP contribution is 2.36. The van der Waals surface area contributed by atoms with Gasteiger partial charge in [0.05, 0.1) is 11.1 Å². The lowest BCUT2D eigenvalue weighted by atomic mass is 10.1. The molecule has 3 aromatic rings. The van der Waals surface area contributed by atoms with Gasteiger partial charge in [-0.25, -0.2) is 4.98 Å². The summed E-state index contributed by atoms with van der Waals surface area (Å²) in [5, 5.41) is 13.6. The molecule has 0 saturated carbocycles. The van der Waals surface area contributed by atoms with E-state index in [4.69, 9.17) is 0 Å². The third kappa shape index (κ3) is 3.85. The Labute approximate surface area is 175 Å². The van der Waals surface area contributed by atoms with Crippen LogP contribution in [-0.2, 0) is 20.3 Å². The Morgan fingerprint density at radius 1 is 1.16 bits per heavy atom. The fourth-order valence-corrected chi connectivity index (χ4v) is 3.97. The van der Waals surface area contributed by atoms with Crippen LogP contribution in [0, 0.1) is 0 Å². The number of nitrogens with one attached hydrogen (secondary N) is 1. The Hall–Kier alpha value is -3.08. The van der Waals surface area contributed by atoms with Gasteiger partial charge in [-0.05, 0) is 44.6 Å². The molecule has 1 fully saturated rings. The summed E-state index contributed by atoms with van der Waals surface area (Å²) >= 11 is 0. The third-order valence-electron chi connectivity index (χ3n) is 5.64. The second kappa shape index (κ2) is 7.56. The van der Waals surface area contributed by atoms with E-state index in [1.54, 1.807) is 11.6 Å². The van der Waals surface area contributed by atoms with Crippen molar-refractivity contribution in [2.45, 2.75) is 25.1 Å². The molecular formula is C20H23F3N6O2. The maximum absolute atomic E-state index is 13.0. The van der Waals surface area contributed by atoms with Gasteiger partial charge in [0.15, 0.2) is 11.2 Å². The first-order valence-corrected chi connectivity index (χ1v) is 9.85. The highest BCUT2D eigenvalue weighted by Gasteiger charge is 2.31. The molecule has 1 saturated heterocycles. The van der Waals surface area contributed by atoms with Crippen LogP contribution >= 0.6 is 0 Å². The van der Waals surface area contributed by atoms with Crippen molar-refractivity contribution < 1.29 is 18.3 Å². The highest BCUT2D eigenvalue weighted by atomic mass is 19.4. The summed E-state index contributed by atoms with van der Waals surface area (Å²) in [6.45, 7) is 1.88. The molecule has 166 valence electrons. The van der Waals surface area contributed by atoms with Crippen LogP contribution in [0.5, 0.6) is 5.75 Å². The number of alkyl halides is 3. The van der Waals surface area contributed by atoms with E-state index in [0.29, 0.717) is 12.0 Å². The van der Waals surface area contributed by atoms with Crippen molar-refractivity contribution in [2.75, 3.05) is 25.5 Å². The minimum atomic E-state index is -4.59. The third-order valence-corrected chi connectivity index (χ3v) is 5.64. The zero-order valence-electron chi connectivity index (χ0n) is 17.4. The Bertz CT molecular complexity index is 1200. The number of hydrogen-bond donors (Lipinski definition) is 2. The SMILES string of the molecule is CN1CCC[C@@H](Nc2nc3nc(-c4ccc(C(F)(F)F)cc4O)n(C)c(=O)c3n2C)C1. The van der Waals surface area contributed by atoms with Gasteiger partial charge in [-0.3, -0.25) is 9.36 Å². The molecule has 0 spiro atoms. The van der Waals surface area contributed by atoms with E-state index < -0.39 is 23.0 Å². The standard InChI is InChI=1S/C20H23F3N6O2/c1-27-8-4-5-12(10-27)24-19-26-16-15(28(19)2)18(31)29(3)17(25-16)13-7-6-11(9-14(13)30)20(21,22)23/h6-7,9,12,30H,4-5,8,10H2,1-3H3,(H,24,26)/t12-/m1/s1. The number of nitrogens with zero attached hydrogens (tertiary/aromatic N) is 5. The summed E-state index contributed by atoms with van der Waals surface area (Å²) in [5.74, 6) is -0.0873. The molecule has 0 aliphatic carbocycles. The Morgan fingerprint density at radius 3 is 2.55 bits per heavy atom. The number of hydrogen-bond acceptors (Lipinski definition) is 6. The average Bonchev–Trinajstić information content (AvgIpc) is 2.99. The first-order chi connectivity index (χ1) is 14.6. The van der Waals surface area contributed by atoms with Crippen molar-refractivity contribution in [1.82, 2.24) is 24.0 Å². The topological polar surface area (TPSA) is 88.2 Å². The zero-order valence-corrected chi connectivity index (χ0v) is 17.4. The number of piperidine rings is 1. The van der Waals surface area contributed by atoms with Crippen LogP contribution in [0.25, 0.3) is 22.6 Å². The van der Waals surface area contributed by atoms with Crippen molar-refractivity contribution >= 4 is 17.1 Å². The molecule has 0 bridgehead atoms. The van der Waals surface area contributed by atoms with Gasteiger partial charge in [-0.15, -0.1) is 0 Å². The number of imidazole rings is 1. The molecule has 31 heavy (non-hydrogen) atoms. The van der Waals surface area contributed by atoms with Crippen LogP contribution in [0.2, 0.25) is 0 Å². The maximum atomic E-state index is 13.0. The van der Waals surface area contributed by atoms with Crippen molar-refractivity contribution in [3.63, 3.8) is 0 Å². The minimum absolute atomic E-state index is 0.0172. The van der Waals surface area contributed by atoms with Gasteiger partial charge in [0.2, 0.25) is 5.95 Å². The fraction of sp³-hybridized carbons (Fsp3) is 0.450. The molecular weight excluding hydrogens is 413 g/mol. The molecule has 4 rings (SSSR count). The molecule has 1 aromatic carbocycles. The second-order valence-corrected chi connectivity index (χ2v) is 7.94. The predicted molar refractivity (Wildman–Crippen MR) is 110 cm³/mol. The van der Waals surface area contributed by atoms with E-state index >= 15 is 0 Å². The maximum Gasteiger partial charge on any atom is 0.416 e. The number of aromatic nitrogens is 4. The summed E-state index contributed by atoms with van der Waals surface area (Å²) in [6.07, 6.45) is -2.56. The van der Waals surface area contributed by atoms with Crippen molar-refractivity contribution in [3.05, 3.63) is 34.1 Å². The summed E-state index contributed by atoms with van der Waals surface area (Å²) in [4.78, 5) is 24.1. The molecule has 1 aliphatic rings. The Balaban J connectivity index is 1.77. The van der Waals surface area contributed by atoms with Crippen molar-refractivity contribution in [3.8, 4) is 17.1 Å². The van der Waals surface area contributed by atoms with Gasteiger partial charge in [0.1, 0.15) is 11.6 Å². The van der Waals surface area contributed by atoms with E-state index in [-0.39, 0.29) is 28.6 Å². The van der Waals surface area contributed by atoms with Crippen LogP contribution < -0.4 is 10.9 Å². The quantitative estimate of drug-likeness (QED) is 0.656. The molecule has 2 aromatic heterocycles. The number of likely N-dealkylation sites (N-methyl/N-ethyl adjacent to an activating group) is 1. The number of likely N-dealkylation sites (tertiary alicyclic amines) is 1. The molecule has 2 N–H and O–H groups in total. The number of rotatable bonds is 3. The number of benzene rings is 1. The van der Waals surface area contributed by atoms with Gasteiger partial charge in [0.25, 0.3) is 5.56 Å². The van der Waals surface area contributed by atoms with Gasteiger partial charge in [-0.2, -0.15) is 18.2 Å². The second-order valence-electron chi connectivity index (χ2n) is 7.94. The van der Waals surface area contributed by atoms with Crippen molar-refractivity contribution in [1.29, 1.82) is 0 Å². The minimum Gasteiger partial charge on any atom is -0.507 e. The smallest absolute Gasteiger partial charge is 0.416 e. The molecule has 1 atom stereocenters. The van der Waals surface area contributed by atoms with Gasteiger partial charge in [0, 0.05) is 26.7 Å². The molecule has 11 heteroatoms. The lowest BCUT2D eigenvalue weighted by Crippen LogP contribution is -2.40. The number of aromatic hydroxyl groups is 1. The van der Waals surface area contributed by atoms with Crippen molar-refractivity contribution in [2.24, 2.45) is 14.1 Å². The summed E-state index contributed by atoms with van der Waals surface area (Å²) in [5.41, 5.74) is -0.954. The normalized spacial score (nSPS) is 17.9. The lowest BCUT2D eigenvalue weighted by molar-refractivity contribution is -0.137. The number of anilines is 1. The molecule has 3 heterocycles. The van der Waals surface area contributed by atoms with E-state index in [0.717, 1.165) is 38.1 Å². The number of aryl methyl sites for hydroxylation is 1. The predicted octanol–water partition coefficient (Wildman–Crippen LogP) is 2.56. The van der Waals surface area contributed by atoms with Gasteiger partial charge >= 0.3 is 6.18 Å². The number of phenols is 1. The average molecular weight is 436 g/mol. The van der Waals surface area contributed by atoms with E-state index in [2.05, 4.69) is 20.2 Å². The summed E-state index contributed by atoms with van der Waals surface area (Å²) < 4.78 is 41.6. The summed E-state index contributed by atoms with van der Waals surface area (Å²) in [7, 11) is 5.21. The fourth-order valence-electron chi connectivity index (χ4n) is 3.97. The highest BCUT2D eigenvalue weighted by molar-refractivity contribution is 5.77. The van der Waals surface area contributed by atoms with Gasteiger partial charge in [-0.1, -0.05) is 0 Å². The van der Waals surface area contributed by atoms with Crippen LogP contribution in [0.3, 0.4) is 0 Å². The molecule has 0 amide bonds. The largest absolute Gasteiger partial charge is 0.507 e. The first kappa shape index (κ1) is 21.2. The zero-order chi connectivity index (χ0) is 22.5. The molecule has 8 nitrogen and oxygen atoms in total.